The zero-order valence-electron chi connectivity index (χ0n) is 10.4. The Labute approximate surface area is 101 Å². The van der Waals surface area contributed by atoms with Gasteiger partial charge in [0.15, 0.2) is 0 Å². The lowest BCUT2D eigenvalue weighted by Crippen LogP contribution is -2.34. The van der Waals surface area contributed by atoms with E-state index in [4.69, 9.17) is 4.74 Å². The van der Waals surface area contributed by atoms with Crippen LogP contribution in [-0.2, 0) is 10.3 Å². The van der Waals surface area contributed by atoms with Crippen molar-refractivity contribution in [1.29, 1.82) is 0 Å². The molecule has 0 aromatic heterocycles. The van der Waals surface area contributed by atoms with Gasteiger partial charge in [-0.25, -0.2) is 4.39 Å². The van der Waals surface area contributed by atoms with Crippen molar-refractivity contribution in [2.45, 2.75) is 44.3 Å². The second-order valence-corrected chi connectivity index (χ2v) is 4.95. The summed E-state index contributed by atoms with van der Waals surface area (Å²) in [4.78, 5) is 0. The summed E-state index contributed by atoms with van der Waals surface area (Å²) in [6, 6.07) is 4.91. The molecule has 1 aliphatic carbocycles. The second-order valence-electron chi connectivity index (χ2n) is 4.95. The van der Waals surface area contributed by atoms with Crippen molar-refractivity contribution in [3.8, 4) is 0 Å². The molecule has 1 aromatic carbocycles. The fraction of sp³-hybridized carbons (Fsp3) is 0.571. The van der Waals surface area contributed by atoms with Gasteiger partial charge in [-0.3, -0.25) is 0 Å². The molecule has 1 fully saturated rings. The number of aryl methyl sites for hydroxylation is 1. The maximum atomic E-state index is 13.8. The second kappa shape index (κ2) is 4.75. The van der Waals surface area contributed by atoms with E-state index >= 15 is 0 Å². The highest BCUT2D eigenvalue weighted by Crippen LogP contribution is 2.39. The molecule has 1 saturated carbocycles. The minimum Gasteiger partial charge on any atom is -0.385 e. The van der Waals surface area contributed by atoms with Gasteiger partial charge in [0, 0.05) is 12.7 Å². The van der Waals surface area contributed by atoms with Gasteiger partial charge in [-0.05, 0) is 38.7 Å². The topological polar surface area (TPSA) is 29.5 Å². The number of ether oxygens (including phenoxy) is 1. The number of rotatable bonds is 2. The molecule has 94 valence electrons. The van der Waals surface area contributed by atoms with Crippen molar-refractivity contribution in [2.75, 3.05) is 7.11 Å². The van der Waals surface area contributed by atoms with E-state index in [1.165, 1.54) is 6.07 Å². The van der Waals surface area contributed by atoms with Crippen molar-refractivity contribution in [3.05, 3.63) is 35.1 Å². The summed E-state index contributed by atoms with van der Waals surface area (Å²) in [7, 11) is 1.68. The molecular weight excluding hydrogens is 219 g/mol. The fourth-order valence-corrected chi connectivity index (χ4v) is 2.57. The Hall–Kier alpha value is -0.930. The molecule has 0 unspecified atom stereocenters. The Morgan fingerprint density at radius 2 is 2.00 bits per heavy atom. The fourth-order valence-electron chi connectivity index (χ4n) is 2.57. The van der Waals surface area contributed by atoms with Gasteiger partial charge in [0.05, 0.1) is 11.7 Å². The maximum absolute atomic E-state index is 13.8. The molecule has 0 heterocycles. The van der Waals surface area contributed by atoms with Crippen molar-refractivity contribution in [1.82, 2.24) is 0 Å². The zero-order chi connectivity index (χ0) is 12.5. The van der Waals surface area contributed by atoms with Crippen LogP contribution in [0.2, 0.25) is 0 Å². The summed E-state index contributed by atoms with van der Waals surface area (Å²) in [6.07, 6.45) is 2.88. The third-order valence-corrected chi connectivity index (χ3v) is 3.72. The van der Waals surface area contributed by atoms with Gasteiger partial charge in [-0.15, -0.1) is 0 Å². The van der Waals surface area contributed by atoms with Crippen LogP contribution in [0.4, 0.5) is 4.39 Å². The van der Waals surface area contributed by atoms with Crippen LogP contribution in [0.3, 0.4) is 0 Å². The zero-order valence-corrected chi connectivity index (χ0v) is 10.4. The van der Waals surface area contributed by atoms with Crippen LogP contribution in [-0.4, -0.2) is 18.3 Å². The smallest absolute Gasteiger partial charge is 0.129 e. The highest BCUT2D eigenvalue weighted by Gasteiger charge is 2.36. The highest BCUT2D eigenvalue weighted by molar-refractivity contribution is 5.29. The van der Waals surface area contributed by atoms with Gasteiger partial charge >= 0.3 is 0 Å². The summed E-state index contributed by atoms with van der Waals surface area (Å²) in [5, 5.41) is 10.6. The third kappa shape index (κ3) is 2.50. The molecule has 2 nitrogen and oxygen atoms in total. The monoisotopic (exact) mass is 238 g/mol. The van der Waals surface area contributed by atoms with E-state index in [1.54, 1.807) is 19.2 Å². The number of hydrogen-bond donors (Lipinski definition) is 1. The Morgan fingerprint density at radius 1 is 1.35 bits per heavy atom. The molecule has 1 aliphatic rings. The first kappa shape index (κ1) is 12.5. The normalized spacial score (nSPS) is 29.3. The summed E-state index contributed by atoms with van der Waals surface area (Å²) >= 11 is 0. The molecule has 3 heteroatoms. The van der Waals surface area contributed by atoms with Crippen LogP contribution in [0.5, 0.6) is 0 Å². The van der Waals surface area contributed by atoms with Crippen molar-refractivity contribution >= 4 is 0 Å². The molecule has 2 rings (SSSR count). The molecule has 1 aromatic rings. The Kier molecular flexibility index (Phi) is 3.50. The van der Waals surface area contributed by atoms with Crippen LogP contribution in [0.25, 0.3) is 0 Å². The first-order chi connectivity index (χ1) is 8.05. The van der Waals surface area contributed by atoms with E-state index in [9.17, 15) is 9.50 Å². The van der Waals surface area contributed by atoms with Crippen LogP contribution in [0.1, 0.15) is 36.8 Å². The SMILES string of the molecule is COC1CCC(O)(c2cc(C)ccc2F)CC1. The van der Waals surface area contributed by atoms with E-state index in [2.05, 4.69) is 0 Å². The highest BCUT2D eigenvalue weighted by atomic mass is 19.1. The summed E-state index contributed by atoms with van der Waals surface area (Å²) < 4.78 is 19.1. The lowest BCUT2D eigenvalue weighted by Gasteiger charge is -2.36. The summed E-state index contributed by atoms with van der Waals surface area (Å²) in [5.41, 5.74) is 0.390. The van der Waals surface area contributed by atoms with E-state index in [1.807, 2.05) is 6.92 Å². The number of methoxy groups -OCH3 is 1. The lowest BCUT2D eigenvalue weighted by molar-refractivity contribution is -0.0494. The predicted molar refractivity (Wildman–Crippen MR) is 64.3 cm³/mol. The number of benzene rings is 1. The minimum atomic E-state index is -1.02. The molecule has 0 amide bonds. The van der Waals surface area contributed by atoms with Gasteiger partial charge in [-0.1, -0.05) is 17.7 Å². The van der Waals surface area contributed by atoms with E-state index in [0.717, 1.165) is 18.4 Å². The van der Waals surface area contributed by atoms with Crippen LogP contribution < -0.4 is 0 Å². The number of hydrogen-bond acceptors (Lipinski definition) is 2. The number of halogens is 1. The molecule has 0 aliphatic heterocycles. The van der Waals surface area contributed by atoms with E-state index in [-0.39, 0.29) is 11.9 Å². The summed E-state index contributed by atoms with van der Waals surface area (Å²) in [5.74, 6) is -0.311. The van der Waals surface area contributed by atoms with Crippen LogP contribution in [0.15, 0.2) is 18.2 Å². The molecule has 0 radical (unpaired) electrons. The number of aliphatic hydroxyl groups is 1. The molecular formula is C14H19FO2. The van der Waals surface area contributed by atoms with Crippen molar-refractivity contribution in [2.24, 2.45) is 0 Å². The Bertz CT molecular complexity index is 395. The van der Waals surface area contributed by atoms with Crippen LogP contribution >= 0.6 is 0 Å². The molecule has 0 atom stereocenters. The molecule has 17 heavy (non-hydrogen) atoms. The average Bonchev–Trinajstić information content (AvgIpc) is 2.33. The van der Waals surface area contributed by atoms with Crippen molar-refractivity contribution < 1.29 is 14.2 Å². The Balaban J connectivity index is 2.24. The minimum absolute atomic E-state index is 0.197. The van der Waals surface area contributed by atoms with Crippen molar-refractivity contribution in [3.63, 3.8) is 0 Å². The first-order valence-corrected chi connectivity index (χ1v) is 6.07. The summed E-state index contributed by atoms with van der Waals surface area (Å²) in [6.45, 7) is 1.91. The van der Waals surface area contributed by atoms with Gasteiger partial charge in [0.2, 0.25) is 0 Å². The molecule has 0 saturated heterocycles. The molecule has 1 N–H and O–H groups in total. The molecule has 0 spiro atoms. The standard InChI is InChI=1S/C14H19FO2/c1-10-3-4-13(15)12(9-10)14(16)7-5-11(17-2)6-8-14/h3-4,9,11,16H,5-8H2,1-2H3. The van der Waals surface area contributed by atoms with Gasteiger partial charge in [-0.2, -0.15) is 0 Å². The quantitative estimate of drug-likeness (QED) is 0.858. The van der Waals surface area contributed by atoms with E-state index in [0.29, 0.717) is 18.4 Å². The largest absolute Gasteiger partial charge is 0.385 e. The van der Waals surface area contributed by atoms with Crippen LogP contribution in [0, 0.1) is 12.7 Å². The van der Waals surface area contributed by atoms with Gasteiger partial charge in [0.25, 0.3) is 0 Å². The third-order valence-electron chi connectivity index (χ3n) is 3.72. The Morgan fingerprint density at radius 3 is 2.59 bits per heavy atom. The predicted octanol–water partition coefficient (Wildman–Crippen LogP) is 2.91. The first-order valence-electron chi connectivity index (χ1n) is 6.07. The molecule has 0 bridgehead atoms. The van der Waals surface area contributed by atoms with Gasteiger partial charge in [0.1, 0.15) is 5.82 Å². The van der Waals surface area contributed by atoms with E-state index < -0.39 is 5.60 Å². The average molecular weight is 238 g/mol. The van der Waals surface area contributed by atoms with Gasteiger partial charge < -0.3 is 9.84 Å². The lowest BCUT2D eigenvalue weighted by atomic mass is 9.78. The maximum Gasteiger partial charge on any atom is 0.129 e.